The number of rotatable bonds is 6. The summed E-state index contributed by atoms with van der Waals surface area (Å²) in [5, 5.41) is 11.8. The fraction of sp³-hybridized carbons (Fsp3) is 0.565. The molecular weight excluding hydrogens is 360 g/mol. The summed E-state index contributed by atoms with van der Waals surface area (Å²) >= 11 is 0. The third-order valence-corrected chi connectivity index (χ3v) is 5.91. The SMILES string of the molecule is CCNC(=NCc1ccccc1-n1nc(C)cc1C)NC1CCN(C2CC2)CC1. The first-order valence-electron chi connectivity index (χ1n) is 11.0. The smallest absolute Gasteiger partial charge is 0.191 e. The lowest BCUT2D eigenvalue weighted by molar-refractivity contribution is 0.197. The van der Waals surface area contributed by atoms with E-state index in [0.717, 1.165) is 35.6 Å². The van der Waals surface area contributed by atoms with Gasteiger partial charge in [0.25, 0.3) is 0 Å². The molecule has 1 aliphatic carbocycles. The van der Waals surface area contributed by atoms with E-state index in [1.54, 1.807) is 0 Å². The molecule has 0 amide bonds. The van der Waals surface area contributed by atoms with Gasteiger partial charge in [-0.25, -0.2) is 9.67 Å². The number of likely N-dealkylation sites (tertiary alicyclic amines) is 1. The van der Waals surface area contributed by atoms with Crippen molar-refractivity contribution in [3.8, 4) is 5.69 Å². The molecule has 6 heteroatoms. The third kappa shape index (κ3) is 4.99. The number of hydrogen-bond acceptors (Lipinski definition) is 3. The molecule has 2 fully saturated rings. The lowest BCUT2D eigenvalue weighted by Crippen LogP contribution is -2.49. The Morgan fingerprint density at radius 2 is 1.90 bits per heavy atom. The molecule has 0 radical (unpaired) electrons. The number of hydrogen-bond donors (Lipinski definition) is 2. The Hall–Kier alpha value is -2.34. The fourth-order valence-corrected chi connectivity index (χ4v) is 4.25. The maximum atomic E-state index is 4.91. The average Bonchev–Trinajstić information content (AvgIpc) is 3.51. The summed E-state index contributed by atoms with van der Waals surface area (Å²) in [6.07, 6.45) is 5.19. The molecule has 0 atom stereocenters. The van der Waals surface area contributed by atoms with Crippen LogP contribution in [0.1, 0.15) is 49.6 Å². The van der Waals surface area contributed by atoms with Crippen molar-refractivity contribution in [1.82, 2.24) is 25.3 Å². The lowest BCUT2D eigenvalue weighted by Gasteiger charge is -2.33. The van der Waals surface area contributed by atoms with Crippen molar-refractivity contribution in [2.24, 2.45) is 4.99 Å². The van der Waals surface area contributed by atoms with Crippen LogP contribution in [0.4, 0.5) is 0 Å². The van der Waals surface area contributed by atoms with Gasteiger partial charge in [0.15, 0.2) is 5.96 Å². The van der Waals surface area contributed by atoms with Crippen LogP contribution >= 0.6 is 0 Å². The molecule has 2 aromatic rings. The molecule has 1 aromatic heterocycles. The standard InChI is InChI=1S/C23H34N6/c1-4-24-23(26-20-11-13-28(14-12-20)21-9-10-21)25-16-19-7-5-6-8-22(19)29-18(3)15-17(2)27-29/h5-8,15,20-21H,4,9-14,16H2,1-3H3,(H2,24,25,26). The Labute approximate surface area is 174 Å². The summed E-state index contributed by atoms with van der Waals surface area (Å²) in [6.45, 7) is 10.2. The van der Waals surface area contributed by atoms with Crippen LogP contribution in [-0.2, 0) is 6.54 Å². The first-order chi connectivity index (χ1) is 14.1. The summed E-state index contributed by atoms with van der Waals surface area (Å²) in [5.41, 5.74) is 4.47. The van der Waals surface area contributed by atoms with E-state index in [-0.39, 0.29) is 0 Å². The zero-order valence-corrected chi connectivity index (χ0v) is 18.0. The van der Waals surface area contributed by atoms with E-state index in [9.17, 15) is 0 Å². The predicted molar refractivity (Wildman–Crippen MR) is 119 cm³/mol. The number of nitrogens with zero attached hydrogens (tertiary/aromatic N) is 4. The van der Waals surface area contributed by atoms with Crippen LogP contribution < -0.4 is 10.6 Å². The molecule has 0 spiro atoms. The Morgan fingerprint density at radius 3 is 2.55 bits per heavy atom. The molecule has 2 heterocycles. The Balaban J connectivity index is 1.44. The summed E-state index contributed by atoms with van der Waals surface area (Å²) < 4.78 is 2.02. The molecule has 0 unspecified atom stereocenters. The normalized spacial score (nSPS) is 18.8. The van der Waals surface area contributed by atoms with Gasteiger partial charge in [0, 0.05) is 37.4 Å². The van der Waals surface area contributed by atoms with E-state index in [4.69, 9.17) is 4.99 Å². The zero-order chi connectivity index (χ0) is 20.2. The second-order valence-corrected chi connectivity index (χ2v) is 8.35. The molecule has 2 N–H and O–H groups in total. The molecule has 4 rings (SSSR count). The number of aromatic nitrogens is 2. The molecule has 1 saturated heterocycles. The minimum Gasteiger partial charge on any atom is -0.357 e. The number of para-hydroxylation sites is 1. The second-order valence-electron chi connectivity index (χ2n) is 8.35. The Bertz CT molecular complexity index is 843. The highest BCUT2D eigenvalue weighted by molar-refractivity contribution is 5.80. The van der Waals surface area contributed by atoms with E-state index in [2.05, 4.69) is 64.8 Å². The molecule has 1 aromatic carbocycles. The minimum atomic E-state index is 0.508. The summed E-state index contributed by atoms with van der Waals surface area (Å²) in [5.74, 6) is 0.917. The van der Waals surface area contributed by atoms with E-state index in [1.807, 2.05) is 11.6 Å². The quantitative estimate of drug-likeness (QED) is 0.584. The van der Waals surface area contributed by atoms with Crippen molar-refractivity contribution in [1.29, 1.82) is 0 Å². The molecule has 6 nitrogen and oxygen atoms in total. The van der Waals surface area contributed by atoms with Crippen LogP contribution in [0.15, 0.2) is 35.3 Å². The topological polar surface area (TPSA) is 57.5 Å². The fourth-order valence-electron chi connectivity index (χ4n) is 4.25. The molecule has 0 bridgehead atoms. The van der Waals surface area contributed by atoms with Gasteiger partial charge in [0.05, 0.1) is 17.9 Å². The highest BCUT2D eigenvalue weighted by atomic mass is 15.3. The first kappa shape index (κ1) is 20.0. The predicted octanol–water partition coefficient (Wildman–Crippen LogP) is 3.17. The van der Waals surface area contributed by atoms with Gasteiger partial charge in [-0.05, 0) is 64.2 Å². The molecule has 1 aliphatic heterocycles. The first-order valence-corrected chi connectivity index (χ1v) is 11.0. The van der Waals surface area contributed by atoms with Gasteiger partial charge in [-0.1, -0.05) is 18.2 Å². The highest BCUT2D eigenvalue weighted by Crippen LogP contribution is 2.29. The monoisotopic (exact) mass is 394 g/mol. The van der Waals surface area contributed by atoms with E-state index in [1.165, 1.54) is 44.3 Å². The Morgan fingerprint density at radius 1 is 1.14 bits per heavy atom. The maximum Gasteiger partial charge on any atom is 0.191 e. The summed E-state index contributed by atoms with van der Waals surface area (Å²) in [7, 11) is 0. The van der Waals surface area contributed by atoms with Gasteiger partial charge in [0.2, 0.25) is 0 Å². The van der Waals surface area contributed by atoms with Crippen molar-refractivity contribution in [3.63, 3.8) is 0 Å². The largest absolute Gasteiger partial charge is 0.357 e. The van der Waals surface area contributed by atoms with Gasteiger partial charge in [0.1, 0.15) is 0 Å². The van der Waals surface area contributed by atoms with Gasteiger partial charge < -0.3 is 15.5 Å². The van der Waals surface area contributed by atoms with Crippen LogP contribution in [0, 0.1) is 13.8 Å². The van der Waals surface area contributed by atoms with Crippen LogP contribution in [0.3, 0.4) is 0 Å². The van der Waals surface area contributed by atoms with E-state index >= 15 is 0 Å². The number of aliphatic imine (C=N–C) groups is 1. The second kappa shape index (κ2) is 8.99. The van der Waals surface area contributed by atoms with Crippen molar-refractivity contribution in [2.75, 3.05) is 19.6 Å². The number of aryl methyl sites for hydroxylation is 2. The number of piperidine rings is 1. The minimum absolute atomic E-state index is 0.508. The van der Waals surface area contributed by atoms with E-state index < -0.39 is 0 Å². The van der Waals surface area contributed by atoms with Crippen molar-refractivity contribution >= 4 is 5.96 Å². The van der Waals surface area contributed by atoms with Gasteiger partial charge in [-0.15, -0.1) is 0 Å². The molecule has 29 heavy (non-hydrogen) atoms. The number of nitrogens with one attached hydrogen (secondary N) is 2. The lowest BCUT2D eigenvalue weighted by atomic mass is 10.1. The third-order valence-electron chi connectivity index (χ3n) is 5.91. The van der Waals surface area contributed by atoms with Gasteiger partial charge in [-0.3, -0.25) is 0 Å². The van der Waals surface area contributed by atoms with Crippen molar-refractivity contribution in [3.05, 3.63) is 47.3 Å². The van der Waals surface area contributed by atoms with Crippen LogP contribution in [0.5, 0.6) is 0 Å². The maximum absolute atomic E-state index is 4.91. The molecule has 156 valence electrons. The van der Waals surface area contributed by atoms with Crippen LogP contribution in [0.25, 0.3) is 5.69 Å². The molecular formula is C23H34N6. The van der Waals surface area contributed by atoms with Gasteiger partial charge in [-0.2, -0.15) is 5.10 Å². The average molecular weight is 395 g/mol. The van der Waals surface area contributed by atoms with Crippen LogP contribution in [0.2, 0.25) is 0 Å². The van der Waals surface area contributed by atoms with Gasteiger partial charge >= 0.3 is 0 Å². The summed E-state index contributed by atoms with van der Waals surface area (Å²) in [4.78, 5) is 7.57. The van der Waals surface area contributed by atoms with E-state index in [0.29, 0.717) is 12.6 Å². The van der Waals surface area contributed by atoms with Crippen molar-refractivity contribution in [2.45, 2.75) is 65.1 Å². The molecule has 1 saturated carbocycles. The molecule has 2 aliphatic rings. The van der Waals surface area contributed by atoms with Crippen molar-refractivity contribution < 1.29 is 0 Å². The Kier molecular flexibility index (Phi) is 6.19. The summed E-state index contributed by atoms with van der Waals surface area (Å²) in [6, 6.07) is 11.9. The zero-order valence-electron chi connectivity index (χ0n) is 18.0. The number of benzene rings is 1. The van der Waals surface area contributed by atoms with Crippen LogP contribution in [-0.4, -0.2) is 52.4 Å². The highest BCUT2D eigenvalue weighted by Gasteiger charge is 2.31. The number of guanidine groups is 1.